The van der Waals surface area contributed by atoms with E-state index in [1.54, 1.807) is 6.07 Å². The predicted molar refractivity (Wildman–Crippen MR) is 70.2 cm³/mol. The third kappa shape index (κ3) is 2.87. The van der Waals surface area contributed by atoms with Crippen LogP contribution in [0.3, 0.4) is 0 Å². The number of halogens is 2. The van der Waals surface area contributed by atoms with Gasteiger partial charge in [-0.1, -0.05) is 15.9 Å². The molecule has 0 unspecified atom stereocenters. The van der Waals surface area contributed by atoms with E-state index in [1.807, 2.05) is 0 Å². The van der Waals surface area contributed by atoms with Crippen LogP contribution in [0.2, 0.25) is 0 Å². The molecule has 2 aromatic rings. The van der Waals surface area contributed by atoms with Gasteiger partial charge in [0.1, 0.15) is 11.6 Å². The van der Waals surface area contributed by atoms with Crippen LogP contribution in [-0.2, 0) is 0 Å². The highest BCUT2D eigenvalue weighted by Gasteiger charge is 2.11. The fourth-order valence-electron chi connectivity index (χ4n) is 1.43. The molecule has 5 heteroatoms. The summed E-state index contributed by atoms with van der Waals surface area (Å²) in [5, 5.41) is 12.2. The highest BCUT2D eigenvalue weighted by molar-refractivity contribution is 9.10. The summed E-state index contributed by atoms with van der Waals surface area (Å²) in [4.78, 5) is 11.9. The SMILES string of the molecule is O=C(Nc1ccc(F)cc1)c1ccc(Br)cc1O. The van der Waals surface area contributed by atoms with Crippen molar-refractivity contribution in [1.82, 2.24) is 0 Å². The molecular weight excluding hydrogens is 301 g/mol. The third-order valence-electron chi connectivity index (χ3n) is 2.31. The van der Waals surface area contributed by atoms with Crippen molar-refractivity contribution in [3.05, 3.63) is 58.3 Å². The molecule has 0 fully saturated rings. The topological polar surface area (TPSA) is 49.3 Å². The largest absolute Gasteiger partial charge is 0.507 e. The average Bonchev–Trinajstić information content (AvgIpc) is 2.32. The minimum Gasteiger partial charge on any atom is -0.507 e. The van der Waals surface area contributed by atoms with E-state index < -0.39 is 5.91 Å². The predicted octanol–water partition coefficient (Wildman–Crippen LogP) is 3.55. The van der Waals surface area contributed by atoms with Crippen LogP contribution in [0.1, 0.15) is 10.4 Å². The average molecular weight is 310 g/mol. The number of carbonyl (C=O) groups is 1. The van der Waals surface area contributed by atoms with Gasteiger partial charge < -0.3 is 10.4 Å². The molecule has 2 aromatic carbocycles. The van der Waals surface area contributed by atoms with E-state index in [9.17, 15) is 14.3 Å². The van der Waals surface area contributed by atoms with Gasteiger partial charge in [0.25, 0.3) is 5.91 Å². The number of carbonyl (C=O) groups excluding carboxylic acids is 1. The second-order valence-corrected chi connectivity index (χ2v) is 4.54. The molecule has 3 nitrogen and oxygen atoms in total. The zero-order chi connectivity index (χ0) is 13.1. The van der Waals surface area contributed by atoms with Crippen LogP contribution in [0.5, 0.6) is 5.75 Å². The molecule has 0 radical (unpaired) electrons. The molecule has 0 saturated carbocycles. The molecule has 0 heterocycles. The lowest BCUT2D eigenvalue weighted by atomic mass is 10.2. The monoisotopic (exact) mass is 309 g/mol. The smallest absolute Gasteiger partial charge is 0.259 e. The van der Waals surface area contributed by atoms with Gasteiger partial charge in [0.05, 0.1) is 5.56 Å². The summed E-state index contributed by atoms with van der Waals surface area (Å²) in [6.07, 6.45) is 0. The quantitative estimate of drug-likeness (QED) is 0.891. The second kappa shape index (κ2) is 5.18. The maximum Gasteiger partial charge on any atom is 0.259 e. The number of benzene rings is 2. The Morgan fingerprint density at radius 1 is 1.17 bits per heavy atom. The van der Waals surface area contributed by atoms with Crippen molar-refractivity contribution in [2.24, 2.45) is 0 Å². The minimum absolute atomic E-state index is 0.121. The van der Waals surface area contributed by atoms with Crippen molar-refractivity contribution in [2.45, 2.75) is 0 Å². The molecular formula is C13H9BrFNO2. The minimum atomic E-state index is -0.452. The van der Waals surface area contributed by atoms with Crippen molar-refractivity contribution < 1.29 is 14.3 Å². The van der Waals surface area contributed by atoms with Crippen LogP contribution >= 0.6 is 15.9 Å². The molecule has 18 heavy (non-hydrogen) atoms. The van der Waals surface area contributed by atoms with Crippen molar-refractivity contribution in [3.63, 3.8) is 0 Å². The summed E-state index contributed by atoms with van der Waals surface area (Å²) in [6.45, 7) is 0. The molecule has 0 aliphatic carbocycles. The van der Waals surface area contributed by atoms with E-state index in [-0.39, 0.29) is 17.1 Å². The Morgan fingerprint density at radius 3 is 2.44 bits per heavy atom. The lowest BCUT2D eigenvalue weighted by molar-refractivity contribution is 0.102. The van der Waals surface area contributed by atoms with E-state index in [1.165, 1.54) is 36.4 Å². The van der Waals surface area contributed by atoms with Gasteiger partial charge in [0.15, 0.2) is 0 Å². The number of hydrogen-bond acceptors (Lipinski definition) is 2. The van der Waals surface area contributed by atoms with Gasteiger partial charge in [-0.25, -0.2) is 4.39 Å². The number of nitrogens with one attached hydrogen (secondary N) is 1. The zero-order valence-corrected chi connectivity index (χ0v) is 10.7. The molecule has 0 spiro atoms. The lowest BCUT2D eigenvalue weighted by Gasteiger charge is -2.07. The molecule has 0 atom stereocenters. The summed E-state index contributed by atoms with van der Waals surface area (Å²) < 4.78 is 13.4. The molecule has 0 aromatic heterocycles. The summed E-state index contributed by atoms with van der Waals surface area (Å²) in [5.41, 5.74) is 0.617. The first kappa shape index (κ1) is 12.6. The van der Waals surface area contributed by atoms with E-state index >= 15 is 0 Å². The van der Waals surface area contributed by atoms with Gasteiger partial charge >= 0.3 is 0 Å². The molecule has 0 aliphatic heterocycles. The molecule has 0 bridgehead atoms. The second-order valence-electron chi connectivity index (χ2n) is 3.62. The third-order valence-corrected chi connectivity index (χ3v) is 2.80. The lowest BCUT2D eigenvalue weighted by Crippen LogP contribution is -2.11. The highest BCUT2D eigenvalue weighted by atomic mass is 79.9. The van der Waals surface area contributed by atoms with Gasteiger partial charge in [0.2, 0.25) is 0 Å². The Morgan fingerprint density at radius 2 is 1.83 bits per heavy atom. The Labute approximate surface area is 111 Å². The zero-order valence-electron chi connectivity index (χ0n) is 9.15. The molecule has 0 aliphatic rings. The van der Waals surface area contributed by atoms with Crippen LogP contribution < -0.4 is 5.32 Å². The highest BCUT2D eigenvalue weighted by Crippen LogP contribution is 2.23. The van der Waals surface area contributed by atoms with E-state index in [0.29, 0.717) is 10.2 Å². The van der Waals surface area contributed by atoms with Crippen molar-refractivity contribution in [3.8, 4) is 5.75 Å². The van der Waals surface area contributed by atoms with Gasteiger partial charge in [-0.15, -0.1) is 0 Å². The maximum absolute atomic E-state index is 12.7. The van der Waals surface area contributed by atoms with Crippen LogP contribution in [-0.4, -0.2) is 11.0 Å². The summed E-state index contributed by atoms with van der Waals surface area (Å²) in [6, 6.07) is 9.97. The van der Waals surface area contributed by atoms with Crippen LogP contribution in [0.15, 0.2) is 46.9 Å². The van der Waals surface area contributed by atoms with Gasteiger partial charge in [-0.2, -0.15) is 0 Å². The van der Waals surface area contributed by atoms with Crippen LogP contribution in [0.4, 0.5) is 10.1 Å². The fourth-order valence-corrected chi connectivity index (χ4v) is 1.78. The fraction of sp³-hybridized carbons (Fsp3) is 0. The Balaban J connectivity index is 2.19. The normalized spacial score (nSPS) is 10.1. The maximum atomic E-state index is 12.7. The number of phenolic OH excluding ortho intramolecular Hbond substituents is 1. The van der Waals surface area contributed by atoms with Gasteiger partial charge in [-0.05, 0) is 42.5 Å². The van der Waals surface area contributed by atoms with E-state index in [0.717, 1.165) is 0 Å². The number of anilines is 1. The molecule has 1 amide bonds. The Hall–Kier alpha value is -1.88. The number of rotatable bonds is 2. The van der Waals surface area contributed by atoms with E-state index in [2.05, 4.69) is 21.2 Å². The first-order valence-electron chi connectivity index (χ1n) is 5.12. The van der Waals surface area contributed by atoms with E-state index in [4.69, 9.17) is 0 Å². The van der Waals surface area contributed by atoms with Crippen molar-refractivity contribution in [1.29, 1.82) is 0 Å². The first-order chi connectivity index (χ1) is 8.56. The van der Waals surface area contributed by atoms with Crippen LogP contribution in [0.25, 0.3) is 0 Å². The Bertz CT molecular complexity index is 584. The standard InChI is InChI=1S/C13H9BrFNO2/c14-8-1-6-11(12(17)7-8)13(18)16-10-4-2-9(15)3-5-10/h1-7,17H,(H,16,18). The van der Waals surface area contributed by atoms with Gasteiger partial charge in [0, 0.05) is 10.2 Å². The van der Waals surface area contributed by atoms with Gasteiger partial charge in [-0.3, -0.25) is 4.79 Å². The molecule has 2 N–H and O–H groups in total. The molecule has 92 valence electrons. The first-order valence-corrected chi connectivity index (χ1v) is 5.91. The molecule has 0 saturated heterocycles. The van der Waals surface area contributed by atoms with Crippen molar-refractivity contribution in [2.75, 3.05) is 5.32 Å². The van der Waals surface area contributed by atoms with Crippen molar-refractivity contribution >= 4 is 27.5 Å². The summed E-state index contributed by atoms with van der Waals surface area (Å²) >= 11 is 3.19. The summed E-state index contributed by atoms with van der Waals surface area (Å²) in [5.74, 6) is -0.949. The number of hydrogen-bond donors (Lipinski definition) is 2. The Kier molecular flexibility index (Phi) is 3.62. The molecule has 2 rings (SSSR count). The summed E-state index contributed by atoms with van der Waals surface area (Å²) in [7, 11) is 0. The number of aromatic hydroxyl groups is 1. The van der Waals surface area contributed by atoms with Crippen LogP contribution in [0, 0.1) is 5.82 Å². The number of amides is 1. The number of phenols is 1.